The van der Waals surface area contributed by atoms with Crippen LogP contribution in [0, 0.1) is 0 Å². The summed E-state index contributed by atoms with van der Waals surface area (Å²) < 4.78 is 44.2. The molecular formula is C9H15ClF3NO3. The van der Waals surface area contributed by atoms with Gasteiger partial charge in [-0.05, 0) is 0 Å². The molecule has 8 heteroatoms. The zero-order valence-corrected chi connectivity index (χ0v) is 9.94. The number of hydrogen-bond donors (Lipinski definition) is 1. The summed E-state index contributed by atoms with van der Waals surface area (Å²) in [5.74, 6) is 0.000761. The number of hydrogen-bond acceptors (Lipinski definition) is 3. The number of ether oxygens (including phenoxy) is 2. The van der Waals surface area contributed by atoms with Crippen LogP contribution in [0.15, 0.2) is 0 Å². The molecule has 0 aliphatic carbocycles. The molecule has 0 fully saturated rings. The van der Waals surface area contributed by atoms with E-state index in [1.807, 2.05) is 0 Å². The smallest absolute Gasteiger partial charge is 0.378 e. The fraction of sp³-hybridized carbons (Fsp3) is 0.889. The summed E-state index contributed by atoms with van der Waals surface area (Å²) in [6.07, 6.45) is -4.46. The minimum absolute atomic E-state index is 0.106. The van der Waals surface area contributed by atoms with Gasteiger partial charge in [-0.1, -0.05) is 0 Å². The number of carbonyl (C=O) groups is 1. The summed E-state index contributed by atoms with van der Waals surface area (Å²) in [6, 6.07) is 0. The second kappa shape index (κ2) is 9.49. The molecule has 0 unspecified atom stereocenters. The molecule has 0 aromatic carbocycles. The van der Waals surface area contributed by atoms with Gasteiger partial charge in [0.05, 0.1) is 19.8 Å². The highest BCUT2D eigenvalue weighted by molar-refractivity contribution is 6.17. The topological polar surface area (TPSA) is 47.6 Å². The molecular weight excluding hydrogens is 263 g/mol. The van der Waals surface area contributed by atoms with E-state index in [2.05, 4.69) is 10.1 Å². The highest BCUT2D eigenvalue weighted by Crippen LogP contribution is 2.14. The van der Waals surface area contributed by atoms with E-state index < -0.39 is 12.8 Å². The summed E-state index contributed by atoms with van der Waals surface area (Å²) >= 11 is 5.34. The van der Waals surface area contributed by atoms with Crippen molar-refractivity contribution in [3.8, 4) is 0 Å². The molecule has 0 aliphatic heterocycles. The highest BCUT2D eigenvalue weighted by Gasteiger charge is 2.27. The third-order valence-electron chi connectivity index (χ3n) is 1.53. The monoisotopic (exact) mass is 277 g/mol. The third kappa shape index (κ3) is 13.4. The fourth-order valence-electron chi connectivity index (χ4n) is 0.860. The summed E-state index contributed by atoms with van der Waals surface area (Å²) in [4.78, 5) is 11.0. The molecule has 4 nitrogen and oxygen atoms in total. The van der Waals surface area contributed by atoms with Crippen LogP contribution < -0.4 is 5.32 Å². The van der Waals surface area contributed by atoms with E-state index in [0.717, 1.165) is 0 Å². The molecule has 0 spiro atoms. The van der Waals surface area contributed by atoms with Crippen LogP contribution >= 0.6 is 11.6 Å². The van der Waals surface area contributed by atoms with E-state index in [1.54, 1.807) is 0 Å². The van der Waals surface area contributed by atoms with Gasteiger partial charge in [0.2, 0.25) is 5.91 Å². The number of amides is 1. The van der Waals surface area contributed by atoms with Crippen molar-refractivity contribution >= 4 is 17.5 Å². The Bertz CT molecular complexity index is 214. The van der Waals surface area contributed by atoms with Crippen LogP contribution in [-0.2, 0) is 14.3 Å². The van der Waals surface area contributed by atoms with Gasteiger partial charge in [0.25, 0.3) is 0 Å². The van der Waals surface area contributed by atoms with Crippen LogP contribution in [0.1, 0.15) is 6.42 Å². The second-order valence-electron chi connectivity index (χ2n) is 3.07. The largest absolute Gasteiger partial charge is 0.411 e. The van der Waals surface area contributed by atoms with Crippen molar-refractivity contribution in [1.29, 1.82) is 0 Å². The van der Waals surface area contributed by atoms with Crippen molar-refractivity contribution in [2.45, 2.75) is 12.6 Å². The lowest BCUT2D eigenvalue weighted by Gasteiger charge is -2.08. The van der Waals surface area contributed by atoms with Crippen molar-refractivity contribution < 1.29 is 27.4 Å². The Morgan fingerprint density at radius 2 is 1.88 bits per heavy atom. The van der Waals surface area contributed by atoms with E-state index in [9.17, 15) is 18.0 Å². The molecule has 0 bridgehead atoms. The predicted octanol–water partition coefficient (Wildman–Crippen LogP) is 1.33. The number of alkyl halides is 4. The summed E-state index contributed by atoms with van der Waals surface area (Å²) in [6.45, 7) is -0.573. The fourth-order valence-corrected chi connectivity index (χ4v) is 0.969. The first kappa shape index (κ1) is 16.5. The summed E-state index contributed by atoms with van der Waals surface area (Å²) in [5, 5.41) is 2.47. The number of nitrogens with one attached hydrogen (secondary N) is 1. The second-order valence-corrected chi connectivity index (χ2v) is 3.45. The van der Waals surface area contributed by atoms with E-state index in [1.165, 1.54) is 0 Å². The van der Waals surface area contributed by atoms with E-state index >= 15 is 0 Å². The Hall–Kier alpha value is -0.530. The number of halogens is 4. The third-order valence-corrected chi connectivity index (χ3v) is 1.68. The van der Waals surface area contributed by atoms with Crippen LogP contribution in [0.3, 0.4) is 0 Å². The Kier molecular flexibility index (Phi) is 9.20. The molecule has 102 valence electrons. The van der Waals surface area contributed by atoms with Crippen molar-refractivity contribution in [3.05, 3.63) is 0 Å². The highest BCUT2D eigenvalue weighted by atomic mass is 35.5. The predicted molar refractivity (Wildman–Crippen MR) is 56.0 cm³/mol. The van der Waals surface area contributed by atoms with E-state index in [-0.39, 0.29) is 18.9 Å². The van der Waals surface area contributed by atoms with Gasteiger partial charge >= 0.3 is 6.18 Å². The quantitative estimate of drug-likeness (QED) is 0.511. The Balaban J connectivity index is 3.29. The maximum atomic E-state index is 11.6. The van der Waals surface area contributed by atoms with Gasteiger partial charge in [-0.25, -0.2) is 0 Å². The molecule has 0 aliphatic rings. The lowest BCUT2D eigenvalue weighted by atomic mass is 10.4. The van der Waals surface area contributed by atoms with Gasteiger partial charge < -0.3 is 14.8 Å². The van der Waals surface area contributed by atoms with Crippen LogP contribution in [0.4, 0.5) is 13.2 Å². The first-order valence-electron chi connectivity index (χ1n) is 5.00. The van der Waals surface area contributed by atoms with Gasteiger partial charge in [0, 0.05) is 18.8 Å². The molecule has 0 rings (SSSR count). The average Bonchev–Trinajstić information content (AvgIpc) is 2.23. The van der Waals surface area contributed by atoms with Crippen molar-refractivity contribution in [2.24, 2.45) is 0 Å². The SMILES string of the molecule is O=C(CCOCC(F)(F)F)NCCOCCCl. The average molecular weight is 278 g/mol. The molecule has 0 saturated carbocycles. The van der Waals surface area contributed by atoms with Crippen molar-refractivity contribution in [1.82, 2.24) is 5.32 Å². The van der Waals surface area contributed by atoms with Gasteiger partial charge in [-0.2, -0.15) is 13.2 Å². The zero-order valence-electron chi connectivity index (χ0n) is 9.19. The molecule has 1 amide bonds. The van der Waals surface area contributed by atoms with E-state index in [4.69, 9.17) is 16.3 Å². The Morgan fingerprint density at radius 1 is 1.18 bits per heavy atom. The first-order chi connectivity index (χ1) is 7.95. The molecule has 0 aromatic heterocycles. The van der Waals surface area contributed by atoms with E-state index in [0.29, 0.717) is 25.6 Å². The molecule has 0 aromatic rings. The maximum Gasteiger partial charge on any atom is 0.411 e. The zero-order chi connectivity index (χ0) is 13.1. The number of rotatable bonds is 9. The lowest BCUT2D eigenvalue weighted by Crippen LogP contribution is -2.28. The van der Waals surface area contributed by atoms with Crippen molar-refractivity contribution in [2.75, 3.05) is 38.9 Å². The van der Waals surface area contributed by atoms with Crippen LogP contribution in [-0.4, -0.2) is 50.9 Å². The van der Waals surface area contributed by atoms with Gasteiger partial charge in [0.1, 0.15) is 6.61 Å². The lowest BCUT2D eigenvalue weighted by molar-refractivity contribution is -0.174. The molecule has 1 N–H and O–H groups in total. The van der Waals surface area contributed by atoms with Crippen molar-refractivity contribution in [3.63, 3.8) is 0 Å². The van der Waals surface area contributed by atoms with Gasteiger partial charge in [0.15, 0.2) is 0 Å². The summed E-state index contributed by atoms with van der Waals surface area (Å²) in [7, 11) is 0. The van der Waals surface area contributed by atoms with Crippen LogP contribution in [0.2, 0.25) is 0 Å². The first-order valence-corrected chi connectivity index (χ1v) is 5.54. The Morgan fingerprint density at radius 3 is 2.47 bits per heavy atom. The van der Waals surface area contributed by atoms with Gasteiger partial charge in [-0.15, -0.1) is 11.6 Å². The number of carbonyl (C=O) groups excluding carboxylic acids is 1. The normalized spacial score (nSPS) is 11.5. The molecule has 0 radical (unpaired) electrons. The van der Waals surface area contributed by atoms with Crippen LogP contribution in [0.5, 0.6) is 0 Å². The Labute approximate surface area is 102 Å². The van der Waals surface area contributed by atoms with Crippen LogP contribution in [0.25, 0.3) is 0 Å². The molecule has 0 saturated heterocycles. The summed E-state index contributed by atoms with van der Waals surface area (Å²) in [5.41, 5.74) is 0. The minimum atomic E-state index is -4.36. The molecule has 0 heterocycles. The standard InChI is InChI=1S/C9H15ClF3NO3/c10-2-5-16-6-3-14-8(15)1-4-17-7-9(11,12)13/h1-7H2,(H,14,15). The minimum Gasteiger partial charge on any atom is -0.378 e. The maximum absolute atomic E-state index is 11.6. The molecule has 0 atom stereocenters. The van der Waals surface area contributed by atoms with Gasteiger partial charge in [-0.3, -0.25) is 4.79 Å². The molecule has 17 heavy (non-hydrogen) atoms.